The molecule has 22 heavy (non-hydrogen) atoms. The largest absolute Gasteiger partial charge is 0.206 e. The number of rotatable bonds is 1. The fourth-order valence-corrected chi connectivity index (χ4v) is 2.75. The first-order valence-corrected chi connectivity index (χ1v) is 7.01. The second kappa shape index (κ2) is 5.41. The molecule has 2 aromatic carbocycles. The summed E-state index contributed by atoms with van der Waals surface area (Å²) in [7, 11) is 0. The van der Waals surface area contributed by atoms with Gasteiger partial charge in [0.05, 0.1) is 0 Å². The molecule has 0 fully saturated rings. The molecule has 2 aromatic rings. The van der Waals surface area contributed by atoms with Crippen LogP contribution in [0, 0.1) is 64.8 Å². The lowest BCUT2D eigenvalue weighted by molar-refractivity contribution is 0.481. The van der Waals surface area contributed by atoms with Crippen molar-refractivity contribution in [2.45, 2.75) is 41.5 Å². The molecule has 0 amide bonds. The molecule has 4 heteroatoms. The lowest BCUT2D eigenvalue weighted by Crippen LogP contribution is -2.07. The SMILES string of the molecule is Cc1c(C)c(C)c(-c2c(C)c(F)c(F)c(C)c2F)c(F)c1C. The van der Waals surface area contributed by atoms with Crippen molar-refractivity contribution in [1.82, 2.24) is 0 Å². The Morgan fingerprint density at radius 2 is 0.727 bits per heavy atom. The van der Waals surface area contributed by atoms with Gasteiger partial charge in [0.1, 0.15) is 11.6 Å². The molecule has 0 aromatic heterocycles. The van der Waals surface area contributed by atoms with Crippen molar-refractivity contribution < 1.29 is 17.6 Å². The van der Waals surface area contributed by atoms with Crippen LogP contribution in [0.3, 0.4) is 0 Å². The number of hydrogen-bond acceptors (Lipinski definition) is 0. The van der Waals surface area contributed by atoms with Crippen molar-refractivity contribution in [2.75, 3.05) is 0 Å². The Labute approximate surface area is 127 Å². The average Bonchev–Trinajstić information content (AvgIpc) is 2.50. The second-order valence-corrected chi connectivity index (χ2v) is 5.76. The first kappa shape index (κ1) is 16.5. The van der Waals surface area contributed by atoms with E-state index in [1.54, 1.807) is 27.7 Å². The Morgan fingerprint density at radius 1 is 0.364 bits per heavy atom. The summed E-state index contributed by atoms with van der Waals surface area (Å²) in [6.45, 7) is 9.26. The van der Waals surface area contributed by atoms with Gasteiger partial charge in [-0.2, -0.15) is 0 Å². The van der Waals surface area contributed by atoms with Crippen molar-refractivity contribution >= 4 is 0 Å². The highest BCUT2D eigenvalue weighted by atomic mass is 19.2. The van der Waals surface area contributed by atoms with Crippen molar-refractivity contribution in [3.05, 3.63) is 56.6 Å². The van der Waals surface area contributed by atoms with Crippen LogP contribution in [0.5, 0.6) is 0 Å². The fraction of sp³-hybridized carbons (Fsp3) is 0.333. The summed E-state index contributed by atoms with van der Waals surface area (Å²) in [6.07, 6.45) is 0. The Balaban J connectivity index is 3.03. The lowest BCUT2D eigenvalue weighted by atomic mass is 9.87. The molecule has 0 saturated heterocycles. The van der Waals surface area contributed by atoms with Crippen molar-refractivity contribution in [1.29, 1.82) is 0 Å². The Morgan fingerprint density at radius 3 is 1.27 bits per heavy atom. The molecule has 0 N–H and O–H groups in total. The molecule has 2 rings (SSSR count). The van der Waals surface area contributed by atoms with Crippen LogP contribution in [0.4, 0.5) is 17.6 Å². The van der Waals surface area contributed by atoms with Gasteiger partial charge < -0.3 is 0 Å². The van der Waals surface area contributed by atoms with Crippen molar-refractivity contribution in [3.63, 3.8) is 0 Å². The van der Waals surface area contributed by atoms with E-state index in [4.69, 9.17) is 0 Å². The minimum absolute atomic E-state index is 0.0117. The van der Waals surface area contributed by atoms with Gasteiger partial charge in [-0.3, -0.25) is 0 Å². The minimum atomic E-state index is -1.22. The van der Waals surface area contributed by atoms with E-state index in [0.717, 1.165) is 18.1 Å². The van der Waals surface area contributed by atoms with Crippen LogP contribution in [0.2, 0.25) is 0 Å². The lowest BCUT2D eigenvalue weighted by Gasteiger charge is -2.19. The highest BCUT2D eigenvalue weighted by Crippen LogP contribution is 2.39. The molecule has 0 nitrogen and oxygen atoms in total. The maximum atomic E-state index is 14.7. The van der Waals surface area contributed by atoms with E-state index in [1.165, 1.54) is 6.92 Å². The van der Waals surface area contributed by atoms with Crippen LogP contribution in [0.1, 0.15) is 33.4 Å². The number of hydrogen-bond donors (Lipinski definition) is 0. The third kappa shape index (κ3) is 2.13. The molecule has 0 unspecified atom stereocenters. The van der Waals surface area contributed by atoms with Gasteiger partial charge in [0.2, 0.25) is 0 Å². The molecule has 118 valence electrons. The van der Waals surface area contributed by atoms with Crippen LogP contribution < -0.4 is 0 Å². The molecule has 0 aliphatic heterocycles. The molecular weight excluding hydrogens is 292 g/mol. The van der Waals surface area contributed by atoms with Crippen LogP contribution in [0.25, 0.3) is 11.1 Å². The third-order valence-electron chi connectivity index (χ3n) is 4.64. The summed E-state index contributed by atoms with van der Waals surface area (Å²) in [4.78, 5) is 0. The molecule has 0 heterocycles. The average molecular weight is 310 g/mol. The molecule has 0 atom stereocenters. The standard InChI is InChI=1S/C18H18F4/c1-7-8(2)10(4)15(19)13(9(7)3)14-11(5)17(21)18(22)12(6)16(14)20/h1-6H3. The van der Waals surface area contributed by atoms with Gasteiger partial charge in [0.15, 0.2) is 11.6 Å². The van der Waals surface area contributed by atoms with Crippen molar-refractivity contribution in [2.24, 2.45) is 0 Å². The van der Waals surface area contributed by atoms with E-state index < -0.39 is 28.8 Å². The smallest absolute Gasteiger partial charge is 0.164 e. The van der Waals surface area contributed by atoms with E-state index >= 15 is 0 Å². The Bertz CT molecular complexity index is 663. The van der Waals surface area contributed by atoms with Gasteiger partial charge in [0.25, 0.3) is 0 Å². The highest BCUT2D eigenvalue weighted by Gasteiger charge is 2.26. The van der Waals surface area contributed by atoms with Crippen molar-refractivity contribution in [3.8, 4) is 11.1 Å². The maximum absolute atomic E-state index is 14.7. The van der Waals surface area contributed by atoms with Gasteiger partial charge >= 0.3 is 0 Å². The van der Waals surface area contributed by atoms with E-state index in [2.05, 4.69) is 0 Å². The zero-order valence-electron chi connectivity index (χ0n) is 13.5. The van der Waals surface area contributed by atoms with Gasteiger partial charge in [0, 0.05) is 16.7 Å². The van der Waals surface area contributed by atoms with E-state index in [9.17, 15) is 17.6 Å². The quantitative estimate of drug-likeness (QED) is 0.464. The topological polar surface area (TPSA) is 0 Å². The first-order chi connectivity index (χ1) is 10.1. The second-order valence-electron chi connectivity index (χ2n) is 5.76. The van der Waals surface area contributed by atoms with Crippen LogP contribution >= 0.6 is 0 Å². The summed E-state index contributed by atoms with van der Waals surface area (Å²) in [5, 5.41) is 0. The summed E-state index contributed by atoms with van der Waals surface area (Å²) in [5.41, 5.74) is 1.67. The number of benzene rings is 2. The Kier molecular flexibility index (Phi) is 4.07. The third-order valence-corrected chi connectivity index (χ3v) is 4.64. The molecule has 0 radical (unpaired) electrons. The molecule has 0 bridgehead atoms. The maximum Gasteiger partial charge on any atom is 0.164 e. The predicted molar refractivity (Wildman–Crippen MR) is 80.1 cm³/mol. The van der Waals surface area contributed by atoms with Gasteiger partial charge in [-0.15, -0.1) is 0 Å². The zero-order valence-corrected chi connectivity index (χ0v) is 13.5. The van der Waals surface area contributed by atoms with Gasteiger partial charge in [-0.1, -0.05) is 0 Å². The zero-order chi connectivity index (χ0) is 16.9. The Hall–Kier alpha value is -1.84. The highest BCUT2D eigenvalue weighted by molar-refractivity contribution is 5.75. The summed E-state index contributed by atoms with van der Waals surface area (Å²) in [6, 6.07) is 0. The molecule has 0 saturated carbocycles. The van der Waals surface area contributed by atoms with E-state index in [0.29, 0.717) is 11.1 Å². The van der Waals surface area contributed by atoms with E-state index in [1.807, 2.05) is 0 Å². The monoisotopic (exact) mass is 310 g/mol. The van der Waals surface area contributed by atoms with Crippen LogP contribution in [-0.4, -0.2) is 0 Å². The van der Waals surface area contributed by atoms with Gasteiger partial charge in [-0.05, 0) is 69.4 Å². The number of halogens is 4. The summed E-state index contributed by atoms with van der Waals surface area (Å²) < 4.78 is 56.9. The minimum Gasteiger partial charge on any atom is -0.206 e. The molecule has 0 aliphatic rings. The molecular formula is C18H18F4. The molecule has 0 aliphatic carbocycles. The predicted octanol–water partition coefficient (Wildman–Crippen LogP) is 5.76. The van der Waals surface area contributed by atoms with E-state index in [-0.39, 0.29) is 16.7 Å². The summed E-state index contributed by atoms with van der Waals surface area (Å²) >= 11 is 0. The van der Waals surface area contributed by atoms with Crippen LogP contribution in [0.15, 0.2) is 0 Å². The van der Waals surface area contributed by atoms with Gasteiger partial charge in [-0.25, -0.2) is 17.6 Å². The fourth-order valence-electron chi connectivity index (χ4n) is 2.75. The summed E-state index contributed by atoms with van der Waals surface area (Å²) in [5.74, 6) is -3.87. The molecule has 0 spiro atoms. The van der Waals surface area contributed by atoms with Crippen LogP contribution in [-0.2, 0) is 0 Å². The first-order valence-electron chi connectivity index (χ1n) is 7.01. The normalized spacial score (nSPS) is 11.2.